The minimum absolute atomic E-state index is 0.681. The van der Waals surface area contributed by atoms with E-state index in [-0.39, 0.29) is 0 Å². The van der Waals surface area contributed by atoms with Crippen LogP contribution in [0.4, 0.5) is 13.2 Å². The molecule has 0 radical (unpaired) electrons. The predicted molar refractivity (Wildman–Crippen MR) is 26.8 cm³/mol. The molecule has 0 saturated heterocycles. The lowest BCUT2D eigenvalue weighted by Crippen LogP contribution is -2.23. The molecule has 0 aliphatic rings. The fourth-order valence-electron chi connectivity index (χ4n) is 0.312. The third kappa shape index (κ3) is 2.51. The average Bonchev–Trinajstić information content (AvgIpc) is 1.65. The van der Waals surface area contributed by atoms with Gasteiger partial charge in [0.05, 0.1) is 12.5 Å². The number of halogens is 3. The average molecular weight is 140 g/mol. The second kappa shape index (κ2) is 2.87. The van der Waals surface area contributed by atoms with Crippen LogP contribution in [0.2, 0.25) is 0 Å². The summed E-state index contributed by atoms with van der Waals surface area (Å²) in [5.74, 6) is -1.78. The van der Waals surface area contributed by atoms with E-state index in [2.05, 4.69) is 6.58 Å². The Hall–Kier alpha value is -0.510. The molecule has 0 aromatic heterocycles. The highest BCUT2D eigenvalue weighted by Gasteiger charge is 2.36. The molecule has 0 rings (SSSR count). The van der Waals surface area contributed by atoms with Crippen molar-refractivity contribution in [1.82, 2.24) is 0 Å². The molecule has 1 nitrogen and oxygen atoms in total. The molecule has 4 heteroatoms. The summed E-state index contributed by atoms with van der Waals surface area (Å²) in [5, 5.41) is 8.07. The molecular formula is C5H7F3O. The summed E-state index contributed by atoms with van der Waals surface area (Å²) >= 11 is 0. The summed E-state index contributed by atoms with van der Waals surface area (Å²) < 4.78 is 34.5. The van der Waals surface area contributed by atoms with Gasteiger partial charge in [0, 0.05) is 0 Å². The Morgan fingerprint density at radius 2 is 2.00 bits per heavy atom. The Kier molecular flexibility index (Phi) is 2.70. The molecule has 0 aromatic rings. The largest absolute Gasteiger partial charge is 0.397 e. The van der Waals surface area contributed by atoms with Crippen molar-refractivity contribution in [2.75, 3.05) is 6.61 Å². The fraction of sp³-hybridized carbons (Fsp3) is 0.600. The lowest BCUT2D eigenvalue weighted by Gasteiger charge is -2.12. The lowest BCUT2D eigenvalue weighted by molar-refractivity contribution is -0.169. The van der Waals surface area contributed by atoms with Crippen LogP contribution >= 0.6 is 0 Å². The standard InChI is InChI=1S/C5H7F3O/c1-2-4(3-9)5(6,7)8/h2,4,9H,1,3H2. The van der Waals surface area contributed by atoms with Crippen LogP contribution in [0.15, 0.2) is 12.7 Å². The molecule has 0 spiro atoms. The number of aliphatic hydroxyl groups is 1. The van der Waals surface area contributed by atoms with Crippen LogP contribution in [-0.2, 0) is 0 Å². The number of hydrogen-bond acceptors (Lipinski definition) is 1. The molecule has 0 aliphatic carbocycles. The zero-order valence-electron chi connectivity index (χ0n) is 4.65. The fourth-order valence-corrected chi connectivity index (χ4v) is 0.312. The van der Waals surface area contributed by atoms with Gasteiger partial charge < -0.3 is 5.11 Å². The minimum Gasteiger partial charge on any atom is -0.395 e. The lowest BCUT2D eigenvalue weighted by atomic mass is 10.1. The molecule has 9 heavy (non-hydrogen) atoms. The summed E-state index contributed by atoms with van der Waals surface area (Å²) in [4.78, 5) is 0. The van der Waals surface area contributed by atoms with Crippen LogP contribution in [0.25, 0.3) is 0 Å². The molecule has 0 saturated carbocycles. The highest BCUT2D eigenvalue weighted by molar-refractivity contribution is 4.83. The Morgan fingerprint density at radius 3 is 2.00 bits per heavy atom. The zero-order valence-corrected chi connectivity index (χ0v) is 4.65. The normalized spacial score (nSPS) is 15.1. The maximum Gasteiger partial charge on any atom is 0.397 e. The van der Waals surface area contributed by atoms with E-state index in [1.807, 2.05) is 0 Å². The van der Waals surface area contributed by atoms with Gasteiger partial charge in [0.25, 0.3) is 0 Å². The molecule has 1 unspecified atom stereocenters. The van der Waals surface area contributed by atoms with Crippen LogP contribution in [0, 0.1) is 5.92 Å². The topological polar surface area (TPSA) is 20.2 Å². The van der Waals surface area contributed by atoms with Crippen molar-refractivity contribution in [3.05, 3.63) is 12.7 Å². The molecule has 0 amide bonds. The van der Waals surface area contributed by atoms with Crippen molar-refractivity contribution in [2.45, 2.75) is 6.18 Å². The van der Waals surface area contributed by atoms with Gasteiger partial charge in [-0.2, -0.15) is 13.2 Å². The minimum atomic E-state index is -4.35. The monoisotopic (exact) mass is 140 g/mol. The van der Waals surface area contributed by atoms with Crippen LogP contribution in [0.5, 0.6) is 0 Å². The molecular weight excluding hydrogens is 133 g/mol. The van der Waals surface area contributed by atoms with Crippen molar-refractivity contribution >= 4 is 0 Å². The predicted octanol–water partition coefficient (Wildman–Crippen LogP) is 1.34. The van der Waals surface area contributed by atoms with Crippen molar-refractivity contribution in [1.29, 1.82) is 0 Å². The van der Waals surface area contributed by atoms with E-state index in [1.165, 1.54) is 0 Å². The number of hydrogen-bond donors (Lipinski definition) is 1. The molecule has 0 aliphatic heterocycles. The van der Waals surface area contributed by atoms with Gasteiger partial charge in [0.15, 0.2) is 0 Å². The molecule has 0 bridgehead atoms. The second-order valence-electron chi connectivity index (χ2n) is 1.57. The van der Waals surface area contributed by atoms with Gasteiger partial charge in [0.1, 0.15) is 0 Å². The first-order valence-corrected chi connectivity index (χ1v) is 2.32. The highest BCUT2D eigenvalue weighted by Crippen LogP contribution is 2.25. The Bertz CT molecular complexity index is 96.9. The maximum atomic E-state index is 11.5. The first-order chi connectivity index (χ1) is 4.02. The summed E-state index contributed by atoms with van der Waals surface area (Å²) in [5.41, 5.74) is 0. The van der Waals surface area contributed by atoms with Gasteiger partial charge in [-0.15, -0.1) is 6.58 Å². The van der Waals surface area contributed by atoms with E-state index in [0.717, 1.165) is 0 Å². The van der Waals surface area contributed by atoms with E-state index in [9.17, 15) is 13.2 Å². The van der Waals surface area contributed by atoms with E-state index < -0.39 is 18.7 Å². The van der Waals surface area contributed by atoms with Gasteiger partial charge >= 0.3 is 6.18 Å². The first kappa shape index (κ1) is 8.49. The smallest absolute Gasteiger partial charge is 0.395 e. The molecule has 0 aromatic carbocycles. The van der Waals surface area contributed by atoms with Crippen molar-refractivity contribution < 1.29 is 18.3 Å². The molecule has 1 atom stereocenters. The van der Waals surface area contributed by atoms with E-state index >= 15 is 0 Å². The maximum absolute atomic E-state index is 11.5. The van der Waals surface area contributed by atoms with Crippen molar-refractivity contribution in [3.63, 3.8) is 0 Å². The van der Waals surface area contributed by atoms with Crippen LogP contribution in [-0.4, -0.2) is 17.9 Å². The van der Waals surface area contributed by atoms with Gasteiger partial charge in [-0.3, -0.25) is 0 Å². The third-order valence-corrected chi connectivity index (χ3v) is 0.902. The first-order valence-electron chi connectivity index (χ1n) is 2.32. The Morgan fingerprint density at radius 1 is 1.56 bits per heavy atom. The zero-order chi connectivity index (χ0) is 7.49. The van der Waals surface area contributed by atoms with Gasteiger partial charge in [-0.05, 0) is 0 Å². The Balaban J connectivity index is 3.94. The van der Waals surface area contributed by atoms with Crippen molar-refractivity contribution in [3.8, 4) is 0 Å². The highest BCUT2D eigenvalue weighted by atomic mass is 19.4. The molecule has 54 valence electrons. The summed E-state index contributed by atoms with van der Waals surface area (Å²) in [6.45, 7) is 1.99. The SMILES string of the molecule is C=CC(CO)C(F)(F)F. The van der Waals surface area contributed by atoms with Crippen LogP contribution in [0.3, 0.4) is 0 Å². The van der Waals surface area contributed by atoms with Gasteiger partial charge in [-0.1, -0.05) is 6.08 Å². The van der Waals surface area contributed by atoms with E-state index in [4.69, 9.17) is 5.11 Å². The van der Waals surface area contributed by atoms with E-state index in [1.54, 1.807) is 0 Å². The molecule has 1 N–H and O–H groups in total. The summed E-state index contributed by atoms with van der Waals surface area (Å²) in [7, 11) is 0. The summed E-state index contributed by atoms with van der Waals surface area (Å²) in [6, 6.07) is 0. The summed E-state index contributed by atoms with van der Waals surface area (Å²) in [6.07, 6.45) is -3.67. The molecule has 0 fully saturated rings. The van der Waals surface area contributed by atoms with Gasteiger partial charge in [0.2, 0.25) is 0 Å². The van der Waals surface area contributed by atoms with E-state index in [0.29, 0.717) is 6.08 Å². The number of aliphatic hydroxyl groups excluding tert-OH is 1. The number of alkyl halides is 3. The quantitative estimate of drug-likeness (QED) is 0.574. The number of rotatable bonds is 2. The van der Waals surface area contributed by atoms with Gasteiger partial charge in [-0.25, -0.2) is 0 Å². The third-order valence-electron chi connectivity index (χ3n) is 0.902. The second-order valence-corrected chi connectivity index (χ2v) is 1.57. The van der Waals surface area contributed by atoms with Crippen molar-refractivity contribution in [2.24, 2.45) is 5.92 Å². The van der Waals surface area contributed by atoms with Crippen LogP contribution < -0.4 is 0 Å². The molecule has 0 heterocycles. The Labute approximate surface area is 50.8 Å². The van der Waals surface area contributed by atoms with Crippen LogP contribution in [0.1, 0.15) is 0 Å².